The average Bonchev–Trinajstić information content (AvgIpc) is 2.75. The monoisotopic (exact) mass is 217 g/mol. The lowest BCUT2D eigenvalue weighted by atomic mass is 10.2. The fourth-order valence-electron chi connectivity index (χ4n) is 1.21. The molecule has 0 atom stereocenters. The van der Waals surface area contributed by atoms with Gasteiger partial charge in [0, 0.05) is 5.56 Å². The van der Waals surface area contributed by atoms with Gasteiger partial charge in [0.05, 0.1) is 17.4 Å². The Morgan fingerprint density at radius 2 is 2.47 bits per heavy atom. The number of rotatable bonds is 2. The van der Waals surface area contributed by atoms with Crippen molar-refractivity contribution in [2.45, 2.75) is 6.42 Å². The van der Waals surface area contributed by atoms with E-state index in [9.17, 15) is 4.79 Å². The third kappa shape index (κ3) is 1.95. The molecule has 2 rings (SSSR count). The molecule has 2 aromatic rings. The third-order valence-corrected chi connectivity index (χ3v) is 2.82. The summed E-state index contributed by atoms with van der Waals surface area (Å²) >= 11 is 1.54. The summed E-state index contributed by atoms with van der Waals surface area (Å²) in [4.78, 5) is 12.2. The van der Waals surface area contributed by atoms with Crippen LogP contribution in [0.25, 0.3) is 10.6 Å². The van der Waals surface area contributed by atoms with Gasteiger partial charge in [-0.1, -0.05) is 6.07 Å². The summed E-state index contributed by atoms with van der Waals surface area (Å²) in [5.41, 5.74) is 0.864. The summed E-state index contributed by atoms with van der Waals surface area (Å²) < 4.78 is 0. The second-order valence-corrected chi connectivity index (χ2v) is 3.87. The van der Waals surface area contributed by atoms with Crippen LogP contribution < -0.4 is 5.56 Å². The maximum atomic E-state index is 11.3. The molecule has 0 unspecified atom stereocenters. The lowest BCUT2D eigenvalue weighted by Gasteiger charge is -1.97. The van der Waals surface area contributed by atoms with Crippen LogP contribution in [0.1, 0.15) is 5.56 Å². The molecule has 0 aliphatic carbocycles. The molecule has 2 aromatic heterocycles. The molecule has 0 aliphatic rings. The molecule has 2 heterocycles. The topological polar surface area (TPSA) is 69.5 Å². The quantitative estimate of drug-likeness (QED) is 0.830. The Balaban J connectivity index is 2.48. The lowest BCUT2D eigenvalue weighted by Crippen LogP contribution is -2.13. The summed E-state index contributed by atoms with van der Waals surface area (Å²) in [7, 11) is 0. The molecule has 0 bridgehead atoms. The van der Waals surface area contributed by atoms with Crippen molar-refractivity contribution in [1.29, 1.82) is 5.26 Å². The SMILES string of the molecule is N#CCc1cc(-c2cccs2)n[nH]c1=O. The molecular weight excluding hydrogens is 210 g/mol. The molecule has 15 heavy (non-hydrogen) atoms. The van der Waals surface area contributed by atoms with Gasteiger partial charge in [-0.3, -0.25) is 4.79 Å². The van der Waals surface area contributed by atoms with E-state index >= 15 is 0 Å². The molecular formula is C10H7N3OS. The maximum absolute atomic E-state index is 11.3. The number of nitrogens with zero attached hydrogens (tertiary/aromatic N) is 2. The molecule has 0 saturated carbocycles. The zero-order chi connectivity index (χ0) is 10.7. The largest absolute Gasteiger partial charge is 0.268 e. The fraction of sp³-hybridized carbons (Fsp3) is 0.100. The highest BCUT2D eigenvalue weighted by atomic mass is 32.1. The van der Waals surface area contributed by atoms with Gasteiger partial charge < -0.3 is 0 Å². The van der Waals surface area contributed by atoms with Crippen LogP contribution >= 0.6 is 11.3 Å². The van der Waals surface area contributed by atoms with Gasteiger partial charge in [0.25, 0.3) is 5.56 Å². The van der Waals surface area contributed by atoms with Crippen molar-refractivity contribution in [3.05, 3.63) is 39.5 Å². The second kappa shape index (κ2) is 4.07. The van der Waals surface area contributed by atoms with Crippen molar-refractivity contribution >= 4 is 11.3 Å². The number of thiophene rings is 1. The van der Waals surface area contributed by atoms with Crippen LogP contribution in [0, 0.1) is 11.3 Å². The molecule has 0 radical (unpaired) electrons. The van der Waals surface area contributed by atoms with Gasteiger partial charge >= 0.3 is 0 Å². The van der Waals surface area contributed by atoms with Gasteiger partial charge in [0.15, 0.2) is 0 Å². The number of nitriles is 1. The Bertz CT molecular complexity index is 551. The zero-order valence-corrected chi connectivity index (χ0v) is 8.54. The van der Waals surface area contributed by atoms with E-state index in [0.717, 1.165) is 4.88 Å². The van der Waals surface area contributed by atoms with Gasteiger partial charge in [0.2, 0.25) is 0 Å². The van der Waals surface area contributed by atoms with Crippen molar-refractivity contribution in [1.82, 2.24) is 10.2 Å². The van der Waals surface area contributed by atoms with E-state index in [0.29, 0.717) is 11.3 Å². The van der Waals surface area contributed by atoms with Crippen molar-refractivity contribution in [2.24, 2.45) is 0 Å². The highest BCUT2D eigenvalue weighted by molar-refractivity contribution is 7.13. The summed E-state index contributed by atoms with van der Waals surface area (Å²) in [6.07, 6.45) is 0.107. The molecule has 5 heteroatoms. The predicted molar refractivity (Wildman–Crippen MR) is 57.5 cm³/mol. The highest BCUT2D eigenvalue weighted by Crippen LogP contribution is 2.21. The average molecular weight is 217 g/mol. The Kier molecular flexibility index (Phi) is 2.61. The van der Waals surface area contributed by atoms with Crippen LogP contribution in [-0.4, -0.2) is 10.2 Å². The number of aromatic amines is 1. The number of H-pyrrole nitrogens is 1. The van der Waals surface area contributed by atoms with Crippen molar-refractivity contribution in [3.8, 4) is 16.6 Å². The number of hydrogen-bond acceptors (Lipinski definition) is 4. The van der Waals surface area contributed by atoms with Crippen LogP contribution in [0.15, 0.2) is 28.4 Å². The number of nitrogens with one attached hydrogen (secondary N) is 1. The summed E-state index contributed by atoms with van der Waals surface area (Å²) in [5, 5.41) is 16.8. The Labute approximate surface area is 89.8 Å². The van der Waals surface area contributed by atoms with Crippen LogP contribution in [0.4, 0.5) is 0 Å². The van der Waals surface area contributed by atoms with E-state index in [1.165, 1.54) is 0 Å². The van der Waals surface area contributed by atoms with Gasteiger partial charge in [-0.25, -0.2) is 5.10 Å². The predicted octanol–water partition coefficient (Wildman–Crippen LogP) is 1.56. The lowest BCUT2D eigenvalue weighted by molar-refractivity contribution is 0.965. The normalized spacial score (nSPS) is 9.80. The van der Waals surface area contributed by atoms with Crippen LogP contribution in [0.2, 0.25) is 0 Å². The van der Waals surface area contributed by atoms with Crippen molar-refractivity contribution in [2.75, 3.05) is 0 Å². The third-order valence-electron chi connectivity index (χ3n) is 1.92. The summed E-state index contributed by atoms with van der Waals surface area (Å²) in [6, 6.07) is 7.45. The van der Waals surface area contributed by atoms with Crippen molar-refractivity contribution < 1.29 is 0 Å². The van der Waals surface area contributed by atoms with E-state index in [1.54, 1.807) is 17.4 Å². The molecule has 0 amide bonds. The van der Waals surface area contributed by atoms with E-state index in [-0.39, 0.29) is 12.0 Å². The standard InChI is InChI=1S/C10H7N3OS/c11-4-3-7-6-8(12-13-10(7)14)9-2-1-5-15-9/h1-2,5-6H,3H2,(H,13,14). The first kappa shape index (κ1) is 9.62. The second-order valence-electron chi connectivity index (χ2n) is 2.92. The summed E-state index contributed by atoms with van der Waals surface area (Å²) in [6.45, 7) is 0. The number of aromatic nitrogens is 2. The van der Waals surface area contributed by atoms with Crippen LogP contribution in [0.5, 0.6) is 0 Å². The molecule has 0 aromatic carbocycles. The molecule has 4 nitrogen and oxygen atoms in total. The van der Waals surface area contributed by atoms with Gasteiger partial charge in [0.1, 0.15) is 5.69 Å². The smallest absolute Gasteiger partial charge is 0.268 e. The first-order valence-corrected chi connectivity index (χ1v) is 5.18. The first-order valence-electron chi connectivity index (χ1n) is 4.30. The summed E-state index contributed by atoms with van der Waals surface area (Å²) in [5.74, 6) is 0. The molecule has 0 fully saturated rings. The Morgan fingerprint density at radius 1 is 1.60 bits per heavy atom. The van der Waals surface area contributed by atoms with Gasteiger partial charge in [-0.05, 0) is 17.5 Å². The first-order chi connectivity index (χ1) is 7.31. The Hall–Kier alpha value is -1.93. The number of hydrogen-bond donors (Lipinski definition) is 1. The molecule has 0 saturated heterocycles. The molecule has 1 N–H and O–H groups in total. The van der Waals surface area contributed by atoms with E-state index in [1.807, 2.05) is 23.6 Å². The minimum Gasteiger partial charge on any atom is -0.268 e. The maximum Gasteiger partial charge on any atom is 0.268 e. The van der Waals surface area contributed by atoms with Crippen LogP contribution in [-0.2, 0) is 6.42 Å². The van der Waals surface area contributed by atoms with E-state index in [2.05, 4.69) is 10.2 Å². The van der Waals surface area contributed by atoms with Gasteiger partial charge in [-0.15, -0.1) is 11.3 Å². The molecule has 0 aliphatic heterocycles. The van der Waals surface area contributed by atoms with E-state index < -0.39 is 0 Å². The van der Waals surface area contributed by atoms with Crippen LogP contribution in [0.3, 0.4) is 0 Å². The minimum atomic E-state index is -0.295. The Morgan fingerprint density at radius 3 is 3.13 bits per heavy atom. The highest BCUT2D eigenvalue weighted by Gasteiger charge is 2.05. The van der Waals surface area contributed by atoms with Gasteiger partial charge in [-0.2, -0.15) is 10.4 Å². The van der Waals surface area contributed by atoms with Crippen molar-refractivity contribution in [3.63, 3.8) is 0 Å². The zero-order valence-electron chi connectivity index (χ0n) is 7.73. The fourth-order valence-corrected chi connectivity index (χ4v) is 1.90. The molecule has 0 spiro atoms. The minimum absolute atomic E-state index is 0.107. The molecule has 74 valence electrons. The van der Waals surface area contributed by atoms with E-state index in [4.69, 9.17) is 5.26 Å².